The van der Waals surface area contributed by atoms with Crippen LogP contribution < -0.4 is 5.32 Å². The molecule has 104 valence electrons. The van der Waals surface area contributed by atoms with E-state index in [2.05, 4.69) is 12.2 Å². The zero-order valence-corrected chi connectivity index (χ0v) is 11.6. The first-order valence-corrected chi connectivity index (χ1v) is 7.21. The average molecular weight is 261 g/mol. The van der Waals surface area contributed by atoms with Crippen molar-refractivity contribution in [3.8, 4) is 0 Å². The fourth-order valence-electron chi connectivity index (χ4n) is 3.24. The van der Waals surface area contributed by atoms with Gasteiger partial charge in [-0.15, -0.1) is 0 Å². The number of carboxylic acids is 1. The summed E-state index contributed by atoms with van der Waals surface area (Å²) < 4.78 is 0. The topological polar surface area (TPSA) is 49.3 Å². The standard InChI is InChI=1S/C16H23NO2/c1-2-14-10-6-7-11-16(14,15(18)19)17-12-13-8-4-3-5-9-13/h3-5,8-9,14,17H,2,6-7,10-12H2,1H3,(H,18,19). The van der Waals surface area contributed by atoms with Gasteiger partial charge in [0.2, 0.25) is 0 Å². The fraction of sp³-hybridized carbons (Fsp3) is 0.562. The molecule has 1 aliphatic rings. The van der Waals surface area contributed by atoms with Crippen molar-refractivity contribution >= 4 is 5.97 Å². The van der Waals surface area contributed by atoms with Gasteiger partial charge >= 0.3 is 5.97 Å². The van der Waals surface area contributed by atoms with Gasteiger partial charge in [0.1, 0.15) is 5.54 Å². The Bertz CT molecular complexity index is 418. The van der Waals surface area contributed by atoms with Crippen LogP contribution in [0.25, 0.3) is 0 Å². The van der Waals surface area contributed by atoms with E-state index in [1.165, 1.54) is 0 Å². The molecule has 2 unspecified atom stereocenters. The molecule has 2 rings (SSSR count). The van der Waals surface area contributed by atoms with Crippen LogP contribution >= 0.6 is 0 Å². The van der Waals surface area contributed by atoms with Crippen molar-refractivity contribution in [3.63, 3.8) is 0 Å². The number of aliphatic carboxylic acids is 1. The molecule has 0 radical (unpaired) electrons. The third-order valence-corrected chi connectivity index (χ3v) is 4.40. The number of benzene rings is 1. The highest BCUT2D eigenvalue weighted by Gasteiger charge is 2.45. The Balaban J connectivity index is 2.13. The van der Waals surface area contributed by atoms with Crippen LogP contribution in [0.2, 0.25) is 0 Å². The smallest absolute Gasteiger partial charge is 0.324 e. The highest BCUT2D eigenvalue weighted by atomic mass is 16.4. The maximum atomic E-state index is 11.8. The third kappa shape index (κ3) is 2.98. The van der Waals surface area contributed by atoms with Crippen molar-refractivity contribution in [1.82, 2.24) is 5.32 Å². The van der Waals surface area contributed by atoms with Gasteiger partial charge in [-0.1, -0.05) is 56.5 Å². The number of hydrogen-bond donors (Lipinski definition) is 2. The number of hydrogen-bond acceptors (Lipinski definition) is 2. The van der Waals surface area contributed by atoms with Gasteiger partial charge in [-0.05, 0) is 24.3 Å². The molecule has 3 heteroatoms. The summed E-state index contributed by atoms with van der Waals surface area (Å²) in [5, 5.41) is 13.1. The minimum Gasteiger partial charge on any atom is -0.480 e. The first-order valence-electron chi connectivity index (χ1n) is 7.21. The molecule has 2 atom stereocenters. The second kappa shape index (κ2) is 6.20. The second-order valence-corrected chi connectivity index (χ2v) is 5.47. The van der Waals surface area contributed by atoms with E-state index < -0.39 is 11.5 Å². The molecule has 1 fully saturated rings. The third-order valence-electron chi connectivity index (χ3n) is 4.40. The minimum absolute atomic E-state index is 0.238. The van der Waals surface area contributed by atoms with E-state index >= 15 is 0 Å². The van der Waals surface area contributed by atoms with Gasteiger partial charge in [-0.25, -0.2) is 0 Å². The van der Waals surface area contributed by atoms with Gasteiger partial charge in [-0.3, -0.25) is 10.1 Å². The van der Waals surface area contributed by atoms with Crippen LogP contribution in [0.1, 0.15) is 44.6 Å². The summed E-state index contributed by atoms with van der Waals surface area (Å²) in [6.07, 6.45) is 4.84. The lowest BCUT2D eigenvalue weighted by molar-refractivity contribution is -0.149. The Labute approximate surface area is 115 Å². The van der Waals surface area contributed by atoms with Crippen LogP contribution in [0.5, 0.6) is 0 Å². The van der Waals surface area contributed by atoms with Crippen LogP contribution in [0.3, 0.4) is 0 Å². The van der Waals surface area contributed by atoms with Crippen molar-refractivity contribution in [2.45, 2.75) is 51.1 Å². The Hall–Kier alpha value is -1.35. The predicted octanol–water partition coefficient (Wildman–Crippen LogP) is 3.20. The molecule has 1 aliphatic carbocycles. The Kier molecular flexibility index (Phi) is 4.59. The van der Waals surface area contributed by atoms with Crippen LogP contribution in [0.15, 0.2) is 30.3 Å². The normalized spacial score (nSPS) is 27.1. The molecule has 0 heterocycles. The van der Waals surface area contributed by atoms with Crippen molar-refractivity contribution < 1.29 is 9.90 Å². The molecule has 0 amide bonds. The van der Waals surface area contributed by atoms with Crippen molar-refractivity contribution in [3.05, 3.63) is 35.9 Å². The fourth-order valence-corrected chi connectivity index (χ4v) is 3.24. The average Bonchev–Trinajstić information content (AvgIpc) is 2.46. The molecule has 19 heavy (non-hydrogen) atoms. The lowest BCUT2D eigenvalue weighted by Crippen LogP contribution is -2.58. The molecule has 0 saturated heterocycles. The Morgan fingerprint density at radius 3 is 2.74 bits per heavy atom. The molecule has 1 aromatic carbocycles. The van der Waals surface area contributed by atoms with Crippen molar-refractivity contribution in [2.75, 3.05) is 0 Å². The molecule has 2 N–H and O–H groups in total. The highest BCUT2D eigenvalue weighted by Crippen LogP contribution is 2.36. The first kappa shape index (κ1) is 14.1. The summed E-state index contributed by atoms with van der Waals surface area (Å²) >= 11 is 0. The SMILES string of the molecule is CCC1CCCCC1(NCc1ccccc1)C(=O)O. The van der Waals surface area contributed by atoms with Gasteiger partial charge in [0.15, 0.2) is 0 Å². The van der Waals surface area contributed by atoms with Gasteiger partial charge < -0.3 is 5.11 Å². The molecule has 1 aromatic rings. The van der Waals surface area contributed by atoms with Crippen molar-refractivity contribution in [1.29, 1.82) is 0 Å². The second-order valence-electron chi connectivity index (χ2n) is 5.47. The quantitative estimate of drug-likeness (QED) is 0.855. The van der Waals surface area contributed by atoms with Crippen LogP contribution in [0.4, 0.5) is 0 Å². The first-order chi connectivity index (χ1) is 9.19. The van der Waals surface area contributed by atoms with Crippen LogP contribution in [-0.2, 0) is 11.3 Å². The number of rotatable bonds is 5. The maximum absolute atomic E-state index is 11.8. The number of carbonyl (C=O) groups is 1. The minimum atomic E-state index is -0.733. The summed E-state index contributed by atoms with van der Waals surface area (Å²) in [5.74, 6) is -0.447. The Morgan fingerprint density at radius 2 is 2.11 bits per heavy atom. The molecule has 0 bridgehead atoms. The van der Waals surface area contributed by atoms with E-state index in [4.69, 9.17) is 0 Å². The molecular weight excluding hydrogens is 238 g/mol. The number of nitrogens with one attached hydrogen (secondary N) is 1. The summed E-state index contributed by atoms with van der Waals surface area (Å²) in [4.78, 5) is 11.8. The van der Waals surface area contributed by atoms with Gasteiger partial charge in [-0.2, -0.15) is 0 Å². The van der Waals surface area contributed by atoms with E-state index in [9.17, 15) is 9.90 Å². The number of carboxylic acid groups (broad SMARTS) is 1. The summed E-state index contributed by atoms with van der Waals surface area (Å²) in [5.41, 5.74) is 0.409. The van der Waals surface area contributed by atoms with E-state index in [1.54, 1.807) is 0 Å². The summed E-state index contributed by atoms with van der Waals surface area (Å²) in [6.45, 7) is 2.72. The Morgan fingerprint density at radius 1 is 1.37 bits per heavy atom. The van der Waals surface area contributed by atoms with Crippen LogP contribution in [0, 0.1) is 5.92 Å². The van der Waals surface area contributed by atoms with Gasteiger partial charge in [0.25, 0.3) is 0 Å². The maximum Gasteiger partial charge on any atom is 0.324 e. The largest absolute Gasteiger partial charge is 0.480 e. The lowest BCUT2D eigenvalue weighted by Gasteiger charge is -2.41. The van der Waals surface area contributed by atoms with Gasteiger partial charge in [0.05, 0.1) is 0 Å². The zero-order valence-electron chi connectivity index (χ0n) is 11.6. The highest BCUT2D eigenvalue weighted by molar-refractivity contribution is 5.79. The van der Waals surface area contributed by atoms with E-state index in [0.29, 0.717) is 6.54 Å². The van der Waals surface area contributed by atoms with Crippen LogP contribution in [-0.4, -0.2) is 16.6 Å². The molecular formula is C16H23NO2. The molecule has 0 spiro atoms. The predicted molar refractivity (Wildman–Crippen MR) is 75.9 cm³/mol. The molecule has 1 saturated carbocycles. The van der Waals surface area contributed by atoms with E-state index in [1.807, 2.05) is 30.3 Å². The van der Waals surface area contributed by atoms with Gasteiger partial charge in [0, 0.05) is 6.54 Å². The molecule has 3 nitrogen and oxygen atoms in total. The summed E-state index contributed by atoms with van der Waals surface area (Å²) in [7, 11) is 0. The molecule has 0 aliphatic heterocycles. The monoisotopic (exact) mass is 261 g/mol. The zero-order chi connectivity index (χ0) is 13.7. The lowest BCUT2D eigenvalue weighted by atomic mass is 9.71. The van der Waals surface area contributed by atoms with Crippen molar-refractivity contribution in [2.24, 2.45) is 5.92 Å². The molecule has 0 aromatic heterocycles. The van der Waals surface area contributed by atoms with E-state index in [-0.39, 0.29) is 5.92 Å². The summed E-state index contributed by atoms with van der Waals surface area (Å²) in [6, 6.07) is 10.0. The van der Waals surface area contributed by atoms with E-state index in [0.717, 1.165) is 37.7 Å².